The monoisotopic (exact) mass is 268 g/mol. The predicted molar refractivity (Wildman–Crippen MR) is 62.4 cm³/mol. The van der Waals surface area contributed by atoms with Gasteiger partial charge in [0.05, 0.1) is 11.9 Å². The van der Waals surface area contributed by atoms with E-state index in [0.717, 1.165) is 12.3 Å². The molecule has 0 radical (unpaired) electrons. The maximum atomic E-state index is 11.7. The van der Waals surface area contributed by atoms with Crippen molar-refractivity contribution in [2.75, 3.05) is 0 Å². The molecule has 18 heavy (non-hydrogen) atoms. The number of hydrogen-bond acceptors (Lipinski definition) is 6. The number of aromatic hydroxyl groups is 1. The summed E-state index contributed by atoms with van der Waals surface area (Å²) in [5, 5.41) is 9.18. The van der Waals surface area contributed by atoms with Crippen LogP contribution < -0.4 is 10.5 Å². The van der Waals surface area contributed by atoms with Crippen molar-refractivity contribution in [2.45, 2.75) is 0 Å². The van der Waals surface area contributed by atoms with E-state index in [4.69, 9.17) is 10.5 Å². The maximum absolute atomic E-state index is 11.7. The second-order valence-corrected chi connectivity index (χ2v) is 4.95. The van der Waals surface area contributed by atoms with Gasteiger partial charge in [0.1, 0.15) is 11.5 Å². The van der Waals surface area contributed by atoms with Gasteiger partial charge in [-0.1, -0.05) is 6.07 Å². The number of rotatable bonds is 2. The fraction of sp³-hybridized carbons (Fsp3) is 0. The highest BCUT2D eigenvalue weighted by atomic mass is 32.2. The molecule has 0 spiro atoms. The number of benzene rings is 1. The lowest BCUT2D eigenvalue weighted by molar-refractivity contribution is -0.129. The maximum Gasteiger partial charge on any atom is 0.359 e. The fourth-order valence-electron chi connectivity index (χ4n) is 1.31. The molecule has 0 aliphatic carbocycles. The van der Waals surface area contributed by atoms with Crippen LogP contribution >= 0.6 is 0 Å². The summed E-state index contributed by atoms with van der Waals surface area (Å²) in [6, 6.07) is 5.36. The fourth-order valence-corrected chi connectivity index (χ4v) is 2.27. The van der Waals surface area contributed by atoms with Crippen LogP contribution in [0.3, 0.4) is 0 Å². The van der Waals surface area contributed by atoms with Gasteiger partial charge < -0.3 is 15.6 Å². The Hall–Kier alpha value is -2.35. The minimum Gasteiger partial charge on any atom is -0.508 e. The molecule has 0 amide bonds. The standard InChI is InChI=1S/C10H8N2O5S/c11-8-5-12-18(15,16)9(8)10(14)17-7-3-1-2-6(13)4-7/h1-5,13H,11H2. The summed E-state index contributed by atoms with van der Waals surface area (Å²) in [5.74, 6) is -1.26. The molecule has 1 aromatic rings. The Labute approximate surface area is 102 Å². The van der Waals surface area contributed by atoms with Gasteiger partial charge in [0.15, 0.2) is 4.91 Å². The molecule has 2 rings (SSSR count). The lowest BCUT2D eigenvalue weighted by atomic mass is 10.3. The van der Waals surface area contributed by atoms with Crippen molar-refractivity contribution in [2.24, 2.45) is 10.1 Å². The number of ether oxygens (including phenoxy) is 1. The highest BCUT2D eigenvalue weighted by Gasteiger charge is 2.33. The lowest BCUT2D eigenvalue weighted by Gasteiger charge is -2.05. The number of phenols is 1. The molecule has 0 unspecified atom stereocenters. The second-order valence-electron chi connectivity index (χ2n) is 3.38. The van der Waals surface area contributed by atoms with E-state index in [1.165, 1.54) is 18.2 Å². The summed E-state index contributed by atoms with van der Waals surface area (Å²) in [6.45, 7) is 0. The minimum atomic E-state index is -4.08. The first-order valence-electron chi connectivity index (χ1n) is 4.71. The third kappa shape index (κ3) is 2.18. The van der Waals surface area contributed by atoms with Gasteiger partial charge in [0.2, 0.25) is 0 Å². The van der Waals surface area contributed by atoms with Gasteiger partial charge in [-0.2, -0.15) is 12.8 Å². The molecule has 1 aromatic carbocycles. The Morgan fingerprint density at radius 3 is 2.67 bits per heavy atom. The zero-order valence-electron chi connectivity index (χ0n) is 8.90. The molecule has 0 saturated carbocycles. The first kappa shape index (κ1) is 12.1. The molecular formula is C10H8N2O5S. The minimum absolute atomic E-state index is 0.00222. The van der Waals surface area contributed by atoms with E-state index < -0.39 is 20.9 Å². The zero-order valence-corrected chi connectivity index (χ0v) is 9.72. The van der Waals surface area contributed by atoms with Crippen LogP contribution in [-0.4, -0.2) is 25.7 Å². The van der Waals surface area contributed by atoms with E-state index in [-0.39, 0.29) is 17.2 Å². The molecule has 3 N–H and O–H groups in total. The number of esters is 1. The van der Waals surface area contributed by atoms with E-state index in [1.807, 2.05) is 0 Å². The summed E-state index contributed by atoms with van der Waals surface area (Å²) < 4.78 is 30.7. The lowest BCUT2D eigenvalue weighted by Crippen LogP contribution is -2.19. The van der Waals surface area contributed by atoms with Gasteiger partial charge in [-0.25, -0.2) is 4.79 Å². The number of allylic oxidation sites excluding steroid dienone is 1. The zero-order chi connectivity index (χ0) is 13.3. The summed E-state index contributed by atoms with van der Waals surface area (Å²) in [4.78, 5) is 10.9. The van der Waals surface area contributed by atoms with Gasteiger partial charge in [0, 0.05) is 6.07 Å². The van der Waals surface area contributed by atoms with Crippen molar-refractivity contribution >= 4 is 22.2 Å². The highest BCUT2D eigenvalue weighted by Crippen LogP contribution is 2.22. The van der Waals surface area contributed by atoms with Crippen LogP contribution in [0.5, 0.6) is 11.5 Å². The SMILES string of the molecule is NC1=C(C(=O)Oc2cccc(O)c2)S(=O)(=O)N=C1. The van der Waals surface area contributed by atoms with Crippen LogP contribution in [0.15, 0.2) is 39.3 Å². The highest BCUT2D eigenvalue weighted by molar-refractivity contribution is 7.95. The Kier molecular flexibility index (Phi) is 2.79. The summed E-state index contributed by atoms with van der Waals surface area (Å²) in [5.41, 5.74) is 5.06. The molecule has 0 saturated heterocycles. The van der Waals surface area contributed by atoms with Gasteiger partial charge in [-0.3, -0.25) is 0 Å². The molecule has 1 heterocycles. The predicted octanol–water partition coefficient (Wildman–Crippen LogP) is -0.118. The van der Waals surface area contributed by atoms with Crippen LogP contribution in [0.4, 0.5) is 0 Å². The van der Waals surface area contributed by atoms with Gasteiger partial charge >= 0.3 is 5.97 Å². The van der Waals surface area contributed by atoms with Crippen molar-refractivity contribution in [3.05, 3.63) is 34.9 Å². The average molecular weight is 268 g/mol. The number of carbonyl (C=O) groups excluding carboxylic acids is 1. The average Bonchev–Trinajstić information content (AvgIpc) is 2.52. The molecule has 94 valence electrons. The summed E-state index contributed by atoms with van der Waals surface area (Å²) in [6.07, 6.45) is 0.869. The van der Waals surface area contributed by atoms with E-state index in [9.17, 15) is 18.3 Å². The first-order valence-corrected chi connectivity index (χ1v) is 6.15. The van der Waals surface area contributed by atoms with E-state index in [1.54, 1.807) is 0 Å². The summed E-state index contributed by atoms with van der Waals surface area (Å²) >= 11 is 0. The van der Waals surface area contributed by atoms with Crippen molar-refractivity contribution in [1.29, 1.82) is 0 Å². The Morgan fingerprint density at radius 1 is 1.39 bits per heavy atom. The van der Waals surface area contributed by atoms with Crippen molar-refractivity contribution in [1.82, 2.24) is 0 Å². The number of hydrogen-bond donors (Lipinski definition) is 2. The van der Waals surface area contributed by atoms with E-state index in [0.29, 0.717) is 0 Å². The Morgan fingerprint density at radius 2 is 2.11 bits per heavy atom. The van der Waals surface area contributed by atoms with Crippen LogP contribution in [0.2, 0.25) is 0 Å². The number of phenolic OH excluding ortho intramolecular Hbond substituents is 1. The van der Waals surface area contributed by atoms with Crippen LogP contribution in [0, 0.1) is 0 Å². The second kappa shape index (κ2) is 4.15. The van der Waals surface area contributed by atoms with Crippen molar-refractivity contribution in [3.63, 3.8) is 0 Å². The quantitative estimate of drug-likeness (QED) is 0.570. The number of nitrogens with two attached hydrogens (primary N) is 1. The third-order valence-electron chi connectivity index (χ3n) is 2.06. The molecule has 0 bridgehead atoms. The van der Waals surface area contributed by atoms with E-state index >= 15 is 0 Å². The topological polar surface area (TPSA) is 119 Å². The molecule has 7 nitrogen and oxygen atoms in total. The van der Waals surface area contributed by atoms with Gasteiger partial charge in [-0.05, 0) is 12.1 Å². The molecule has 0 aromatic heterocycles. The van der Waals surface area contributed by atoms with Crippen molar-refractivity contribution in [3.8, 4) is 11.5 Å². The van der Waals surface area contributed by atoms with Gasteiger partial charge in [-0.15, -0.1) is 0 Å². The van der Waals surface area contributed by atoms with Crippen molar-refractivity contribution < 1.29 is 23.1 Å². The molecule has 1 aliphatic rings. The summed E-state index contributed by atoms with van der Waals surface area (Å²) in [7, 11) is -4.08. The first-order chi connectivity index (χ1) is 8.40. The number of sulfonamides is 1. The smallest absolute Gasteiger partial charge is 0.359 e. The van der Waals surface area contributed by atoms with Crippen LogP contribution in [0.25, 0.3) is 0 Å². The molecule has 0 atom stereocenters. The normalized spacial score (nSPS) is 16.9. The van der Waals surface area contributed by atoms with Gasteiger partial charge in [0.25, 0.3) is 10.0 Å². The van der Waals surface area contributed by atoms with Crippen LogP contribution in [0.1, 0.15) is 0 Å². The Bertz CT molecular complexity index is 675. The molecular weight excluding hydrogens is 260 g/mol. The molecule has 1 aliphatic heterocycles. The Balaban J connectivity index is 2.28. The number of carbonyl (C=O) groups is 1. The third-order valence-corrected chi connectivity index (χ3v) is 3.37. The molecule has 0 fully saturated rings. The van der Waals surface area contributed by atoms with Crippen LogP contribution in [-0.2, 0) is 14.8 Å². The number of nitrogens with zero attached hydrogens (tertiary/aromatic N) is 1. The largest absolute Gasteiger partial charge is 0.508 e. The van der Waals surface area contributed by atoms with E-state index in [2.05, 4.69) is 4.40 Å². The molecule has 8 heteroatoms.